The van der Waals surface area contributed by atoms with Gasteiger partial charge in [-0.05, 0) is 57.9 Å². The first-order valence-corrected chi connectivity index (χ1v) is 8.79. The van der Waals surface area contributed by atoms with Crippen molar-refractivity contribution in [2.24, 2.45) is 0 Å². The van der Waals surface area contributed by atoms with Crippen molar-refractivity contribution in [3.8, 4) is 5.75 Å². The van der Waals surface area contributed by atoms with Crippen molar-refractivity contribution in [1.29, 1.82) is 0 Å². The molecule has 0 fully saturated rings. The van der Waals surface area contributed by atoms with E-state index < -0.39 is 5.60 Å². The SMILES string of the molecule is Cc1cc(O)ccc1NC(=O)c1n[nH]c2c1CCN(C(=O)OC(C)(C)C)C2. The molecule has 0 atom stereocenters. The third-order valence-corrected chi connectivity index (χ3v) is 4.26. The van der Waals surface area contributed by atoms with E-state index in [1.807, 2.05) is 20.8 Å². The zero-order valence-corrected chi connectivity index (χ0v) is 15.9. The third kappa shape index (κ3) is 4.21. The van der Waals surface area contributed by atoms with Crippen molar-refractivity contribution in [2.45, 2.75) is 46.3 Å². The fraction of sp³-hybridized carbons (Fsp3) is 0.421. The van der Waals surface area contributed by atoms with Gasteiger partial charge in [0.2, 0.25) is 0 Å². The number of phenolic OH excluding ortho intramolecular Hbond substituents is 1. The first kappa shape index (κ1) is 18.8. The molecule has 2 heterocycles. The standard InChI is InChI=1S/C19H24N4O4/c1-11-9-12(24)5-6-14(11)20-17(25)16-13-7-8-23(10-15(13)21-22-16)18(26)27-19(2,3)4/h5-6,9,24H,7-8,10H2,1-4H3,(H,20,25)(H,21,22). The maximum Gasteiger partial charge on any atom is 0.410 e. The van der Waals surface area contributed by atoms with E-state index in [2.05, 4.69) is 15.5 Å². The van der Waals surface area contributed by atoms with Crippen LogP contribution in [0.1, 0.15) is 48.1 Å². The maximum atomic E-state index is 12.6. The summed E-state index contributed by atoms with van der Waals surface area (Å²) in [5.41, 5.74) is 2.67. The highest BCUT2D eigenvalue weighted by atomic mass is 16.6. The molecule has 1 aliphatic heterocycles. The molecule has 1 aromatic heterocycles. The fourth-order valence-corrected chi connectivity index (χ4v) is 2.96. The van der Waals surface area contributed by atoms with Crippen LogP contribution >= 0.6 is 0 Å². The van der Waals surface area contributed by atoms with Gasteiger partial charge in [-0.2, -0.15) is 5.10 Å². The van der Waals surface area contributed by atoms with Crippen molar-refractivity contribution in [1.82, 2.24) is 15.1 Å². The number of benzene rings is 1. The van der Waals surface area contributed by atoms with E-state index in [0.29, 0.717) is 30.9 Å². The van der Waals surface area contributed by atoms with Gasteiger partial charge in [-0.15, -0.1) is 0 Å². The van der Waals surface area contributed by atoms with Crippen molar-refractivity contribution >= 4 is 17.7 Å². The molecule has 144 valence electrons. The molecule has 0 spiro atoms. The normalized spacial score (nSPS) is 13.9. The van der Waals surface area contributed by atoms with Gasteiger partial charge >= 0.3 is 6.09 Å². The molecule has 27 heavy (non-hydrogen) atoms. The van der Waals surface area contributed by atoms with Crippen LogP contribution in [0.5, 0.6) is 5.75 Å². The minimum absolute atomic E-state index is 0.143. The van der Waals surface area contributed by atoms with Crippen LogP contribution in [-0.4, -0.2) is 44.4 Å². The van der Waals surface area contributed by atoms with Gasteiger partial charge in [0, 0.05) is 17.8 Å². The number of nitrogens with zero attached hydrogens (tertiary/aromatic N) is 2. The van der Waals surface area contributed by atoms with Crippen molar-refractivity contribution < 1.29 is 19.4 Å². The summed E-state index contributed by atoms with van der Waals surface area (Å²) in [5, 5.41) is 19.3. The monoisotopic (exact) mass is 372 g/mol. The number of rotatable bonds is 2. The van der Waals surface area contributed by atoms with E-state index in [1.54, 1.807) is 24.0 Å². The molecule has 0 bridgehead atoms. The third-order valence-electron chi connectivity index (χ3n) is 4.26. The number of phenols is 1. The number of fused-ring (bicyclic) bond motifs is 1. The molecule has 8 nitrogen and oxygen atoms in total. The molecule has 3 rings (SSSR count). The van der Waals surface area contributed by atoms with Crippen LogP contribution in [-0.2, 0) is 17.7 Å². The van der Waals surface area contributed by atoms with Crippen molar-refractivity contribution in [3.05, 3.63) is 40.7 Å². The van der Waals surface area contributed by atoms with Crippen molar-refractivity contribution in [3.63, 3.8) is 0 Å². The van der Waals surface area contributed by atoms with Crippen LogP contribution in [0.15, 0.2) is 18.2 Å². The summed E-state index contributed by atoms with van der Waals surface area (Å²) >= 11 is 0. The van der Waals surface area contributed by atoms with Crippen LogP contribution in [0, 0.1) is 6.92 Å². The Morgan fingerprint density at radius 1 is 1.33 bits per heavy atom. The number of aryl methyl sites for hydroxylation is 1. The lowest BCUT2D eigenvalue weighted by molar-refractivity contribution is 0.0221. The van der Waals surface area contributed by atoms with E-state index in [9.17, 15) is 14.7 Å². The Labute approximate surface area is 157 Å². The number of H-pyrrole nitrogens is 1. The maximum absolute atomic E-state index is 12.6. The average molecular weight is 372 g/mol. The van der Waals surface area contributed by atoms with E-state index in [0.717, 1.165) is 16.8 Å². The zero-order valence-electron chi connectivity index (χ0n) is 15.9. The molecular weight excluding hydrogens is 348 g/mol. The molecule has 1 aromatic carbocycles. The molecule has 3 N–H and O–H groups in total. The molecule has 8 heteroatoms. The number of hydrogen-bond acceptors (Lipinski definition) is 5. The quantitative estimate of drug-likeness (QED) is 0.703. The number of aromatic amines is 1. The summed E-state index contributed by atoms with van der Waals surface area (Å²) < 4.78 is 5.40. The second kappa shape index (κ2) is 6.94. The largest absolute Gasteiger partial charge is 0.508 e. The fourth-order valence-electron chi connectivity index (χ4n) is 2.96. The Morgan fingerprint density at radius 3 is 2.74 bits per heavy atom. The summed E-state index contributed by atoms with van der Waals surface area (Å²) in [4.78, 5) is 26.5. The number of aromatic nitrogens is 2. The molecule has 0 radical (unpaired) electrons. The Balaban J connectivity index is 1.72. The van der Waals surface area contributed by atoms with E-state index in [4.69, 9.17) is 4.74 Å². The Hall–Kier alpha value is -3.03. The number of anilines is 1. The lowest BCUT2D eigenvalue weighted by Crippen LogP contribution is -2.40. The minimum atomic E-state index is -0.557. The highest BCUT2D eigenvalue weighted by molar-refractivity contribution is 6.04. The number of nitrogens with one attached hydrogen (secondary N) is 2. The van der Waals surface area contributed by atoms with Gasteiger partial charge in [0.25, 0.3) is 5.91 Å². The van der Waals surface area contributed by atoms with Gasteiger partial charge in [-0.3, -0.25) is 9.89 Å². The van der Waals surface area contributed by atoms with Gasteiger partial charge < -0.3 is 20.1 Å². The van der Waals surface area contributed by atoms with Crippen LogP contribution in [0.2, 0.25) is 0 Å². The summed E-state index contributed by atoms with van der Waals surface area (Å²) in [5.74, 6) is -0.183. The molecule has 2 amide bonds. The molecular formula is C19H24N4O4. The second-order valence-electron chi connectivity index (χ2n) is 7.63. The van der Waals surface area contributed by atoms with E-state index >= 15 is 0 Å². The molecule has 0 saturated heterocycles. The minimum Gasteiger partial charge on any atom is -0.508 e. The van der Waals surface area contributed by atoms with Crippen LogP contribution in [0.25, 0.3) is 0 Å². The predicted octanol–water partition coefficient (Wildman–Crippen LogP) is 2.97. The number of hydrogen-bond donors (Lipinski definition) is 3. The number of amides is 2. The average Bonchev–Trinajstić information content (AvgIpc) is 2.99. The van der Waals surface area contributed by atoms with Gasteiger partial charge in [0.15, 0.2) is 5.69 Å². The first-order valence-electron chi connectivity index (χ1n) is 8.79. The summed E-state index contributed by atoms with van der Waals surface area (Å²) in [6.45, 7) is 8.05. The highest BCUT2D eigenvalue weighted by Crippen LogP contribution is 2.24. The van der Waals surface area contributed by atoms with E-state index in [-0.39, 0.29) is 17.7 Å². The topological polar surface area (TPSA) is 108 Å². The summed E-state index contributed by atoms with van der Waals surface area (Å²) in [7, 11) is 0. The lowest BCUT2D eigenvalue weighted by atomic mass is 10.0. The Morgan fingerprint density at radius 2 is 2.07 bits per heavy atom. The Kier molecular flexibility index (Phi) is 4.82. The van der Waals surface area contributed by atoms with Gasteiger partial charge in [-0.25, -0.2) is 4.79 Å². The van der Waals surface area contributed by atoms with Crippen molar-refractivity contribution in [2.75, 3.05) is 11.9 Å². The molecule has 0 saturated carbocycles. The first-order chi connectivity index (χ1) is 12.6. The molecule has 0 unspecified atom stereocenters. The molecule has 0 aliphatic carbocycles. The molecule has 1 aliphatic rings. The lowest BCUT2D eigenvalue weighted by Gasteiger charge is -2.29. The van der Waals surface area contributed by atoms with Gasteiger partial charge in [0.1, 0.15) is 11.4 Å². The summed E-state index contributed by atoms with van der Waals surface area (Å²) in [6, 6.07) is 4.74. The van der Waals surface area contributed by atoms with Gasteiger partial charge in [0.05, 0.1) is 12.2 Å². The highest BCUT2D eigenvalue weighted by Gasteiger charge is 2.30. The summed E-state index contributed by atoms with van der Waals surface area (Å²) in [6.07, 6.45) is 0.135. The smallest absolute Gasteiger partial charge is 0.410 e. The van der Waals surface area contributed by atoms with Crippen LogP contribution in [0.3, 0.4) is 0 Å². The molecule has 2 aromatic rings. The number of ether oxygens (including phenoxy) is 1. The zero-order chi connectivity index (χ0) is 19.8. The number of carbonyl (C=O) groups is 2. The Bertz CT molecular complexity index is 882. The number of aromatic hydroxyl groups is 1. The van der Waals surface area contributed by atoms with Crippen LogP contribution < -0.4 is 5.32 Å². The second-order valence-corrected chi connectivity index (χ2v) is 7.63. The van der Waals surface area contributed by atoms with Gasteiger partial charge in [-0.1, -0.05) is 0 Å². The number of carbonyl (C=O) groups excluding carboxylic acids is 2. The van der Waals surface area contributed by atoms with Crippen LogP contribution in [0.4, 0.5) is 10.5 Å². The predicted molar refractivity (Wildman–Crippen MR) is 99.7 cm³/mol. The van der Waals surface area contributed by atoms with E-state index in [1.165, 1.54) is 6.07 Å².